The predicted molar refractivity (Wildman–Crippen MR) is 75.4 cm³/mol. The van der Waals surface area contributed by atoms with Crippen LogP contribution in [0.4, 0.5) is 0 Å². The van der Waals surface area contributed by atoms with Crippen molar-refractivity contribution in [1.29, 1.82) is 0 Å². The molecule has 0 unspecified atom stereocenters. The topological polar surface area (TPSA) is 4.93 Å². The Morgan fingerprint density at radius 1 is 1.06 bits per heavy atom. The number of benzene rings is 1. The summed E-state index contributed by atoms with van der Waals surface area (Å²) in [6.07, 6.45) is 5.49. The summed E-state index contributed by atoms with van der Waals surface area (Å²) in [6, 6.07) is 10.9. The van der Waals surface area contributed by atoms with Crippen molar-refractivity contribution >= 4 is 0 Å². The number of hydrogen-bond donors (Lipinski definition) is 0. The second-order valence-corrected chi connectivity index (χ2v) is 4.03. The van der Waals surface area contributed by atoms with Gasteiger partial charge in [-0.2, -0.15) is 0 Å². The van der Waals surface area contributed by atoms with Gasteiger partial charge in [0, 0.05) is 18.9 Å². The summed E-state index contributed by atoms with van der Waals surface area (Å²) in [7, 11) is 0. The molecule has 0 saturated carbocycles. The molecule has 0 aliphatic carbocycles. The van der Waals surface area contributed by atoms with Crippen molar-refractivity contribution in [3.05, 3.63) is 59.4 Å². The van der Waals surface area contributed by atoms with E-state index in [1.54, 1.807) is 0 Å². The molecule has 1 heteroatoms. The third-order valence-electron chi connectivity index (χ3n) is 2.67. The second kappa shape index (κ2) is 6.95. The summed E-state index contributed by atoms with van der Waals surface area (Å²) in [5, 5.41) is 0. The lowest BCUT2D eigenvalue weighted by Gasteiger charge is -2.03. The lowest BCUT2D eigenvalue weighted by atomic mass is 10.1. The van der Waals surface area contributed by atoms with E-state index in [1.807, 2.05) is 13.8 Å². The average molecular weight is 229 g/mol. The normalized spacial score (nSPS) is 9.65. The molecule has 0 atom stereocenters. The number of aryl methyl sites for hydroxylation is 2. The van der Waals surface area contributed by atoms with Gasteiger partial charge in [0.15, 0.2) is 0 Å². The predicted octanol–water partition coefficient (Wildman–Crippen LogP) is 4.43. The van der Waals surface area contributed by atoms with Crippen LogP contribution in [-0.2, 0) is 13.0 Å². The monoisotopic (exact) mass is 229 g/mol. The quantitative estimate of drug-likeness (QED) is 0.733. The Balaban J connectivity index is 0.000000686. The Morgan fingerprint density at radius 3 is 2.41 bits per heavy atom. The van der Waals surface area contributed by atoms with E-state index in [0.29, 0.717) is 0 Å². The van der Waals surface area contributed by atoms with E-state index in [9.17, 15) is 0 Å². The highest BCUT2D eigenvalue weighted by atomic mass is 14.9. The Kier molecular flexibility index (Phi) is 5.55. The van der Waals surface area contributed by atoms with Gasteiger partial charge in [0.05, 0.1) is 0 Å². The van der Waals surface area contributed by atoms with Gasteiger partial charge in [0.2, 0.25) is 0 Å². The first-order chi connectivity index (χ1) is 8.28. The van der Waals surface area contributed by atoms with E-state index in [-0.39, 0.29) is 0 Å². The smallest absolute Gasteiger partial charge is 0.0470 e. The minimum absolute atomic E-state index is 0.974. The maximum Gasteiger partial charge on any atom is 0.0470 e. The molecule has 1 heterocycles. The van der Waals surface area contributed by atoms with Crippen LogP contribution in [0.15, 0.2) is 42.7 Å². The molecule has 92 valence electrons. The highest BCUT2D eigenvalue weighted by molar-refractivity contribution is 5.23. The van der Waals surface area contributed by atoms with Crippen LogP contribution >= 0.6 is 0 Å². The summed E-state index contributed by atoms with van der Waals surface area (Å²) in [5.74, 6) is 0. The molecule has 0 aliphatic heterocycles. The van der Waals surface area contributed by atoms with Gasteiger partial charge in [-0.05, 0) is 30.5 Å². The van der Waals surface area contributed by atoms with Gasteiger partial charge < -0.3 is 4.57 Å². The summed E-state index contributed by atoms with van der Waals surface area (Å²) in [6.45, 7) is 9.30. The van der Waals surface area contributed by atoms with Gasteiger partial charge in [-0.15, -0.1) is 0 Å². The minimum atomic E-state index is 0.974. The average Bonchev–Trinajstić information content (AvgIpc) is 2.79. The zero-order valence-electron chi connectivity index (χ0n) is 11.4. The molecule has 0 amide bonds. The number of hydrogen-bond acceptors (Lipinski definition) is 0. The molecule has 0 saturated heterocycles. The summed E-state index contributed by atoms with van der Waals surface area (Å²) < 4.78 is 2.24. The molecule has 1 aromatic heterocycles. The fourth-order valence-electron chi connectivity index (χ4n) is 1.82. The molecule has 0 N–H and O–H groups in total. The van der Waals surface area contributed by atoms with Gasteiger partial charge in [-0.1, -0.05) is 50.6 Å². The van der Waals surface area contributed by atoms with Crippen molar-refractivity contribution < 1.29 is 0 Å². The summed E-state index contributed by atoms with van der Waals surface area (Å²) in [4.78, 5) is 0. The van der Waals surface area contributed by atoms with E-state index < -0.39 is 0 Å². The molecular formula is C16H23N. The third kappa shape index (κ3) is 4.10. The zero-order chi connectivity index (χ0) is 12.7. The molecular weight excluding hydrogens is 206 g/mol. The lowest BCUT2D eigenvalue weighted by molar-refractivity contribution is 0.801. The van der Waals surface area contributed by atoms with Crippen molar-refractivity contribution in [3.63, 3.8) is 0 Å². The molecule has 0 radical (unpaired) electrons. The fourth-order valence-corrected chi connectivity index (χ4v) is 1.82. The second-order valence-electron chi connectivity index (χ2n) is 4.03. The maximum absolute atomic E-state index is 2.24. The van der Waals surface area contributed by atoms with Crippen molar-refractivity contribution in [3.8, 4) is 0 Å². The SMILES string of the molecule is CC.CCc1ccn(Cc2cccc(C)c2)c1. The largest absolute Gasteiger partial charge is 0.350 e. The van der Waals surface area contributed by atoms with E-state index in [0.717, 1.165) is 13.0 Å². The Morgan fingerprint density at radius 2 is 1.82 bits per heavy atom. The van der Waals surface area contributed by atoms with Crippen LogP contribution in [0.1, 0.15) is 37.5 Å². The highest BCUT2D eigenvalue weighted by Crippen LogP contribution is 2.08. The van der Waals surface area contributed by atoms with E-state index in [4.69, 9.17) is 0 Å². The van der Waals surface area contributed by atoms with Gasteiger partial charge in [0.25, 0.3) is 0 Å². The first-order valence-electron chi connectivity index (χ1n) is 6.48. The van der Waals surface area contributed by atoms with Crippen LogP contribution in [-0.4, -0.2) is 4.57 Å². The summed E-state index contributed by atoms with van der Waals surface area (Å²) in [5.41, 5.74) is 4.10. The zero-order valence-corrected chi connectivity index (χ0v) is 11.4. The number of aromatic nitrogens is 1. The van der Waals surface area contributed by atoms with Crippen LogP contribution in [0, 0.1) is 6.92 Å². The van der Waals surface area contributed by atoms with Crippen LogP contribution in [0.3, 0.4) is 0 Å². The van der Waals surface area contributed by atoms with Crippen molar-refractivity contribution in [1.82, 2.24) is 4.57 Å². The van der Waals surface area contributed by atoms with E-state index in [2.05, 4.69) is 61.1 Å². The van der Waals surface area contributed by atoms with Gasteiger partial charge in [-0.3, -0.25) is 0 Å². The Hall–Kier alpha value is -1.50. The minimum Gasteiger partial charge on any atom is -0.350 e. The van der Waals surface area contributed by atoms with Gasteiger partial charge in [-0.25, -0.2) is 0 Å². The fraction of sp³-hybridized carbons (Fsp3) is 0.375. The third-order valence-corrected chi connectivity index (χ3v) is 2.67. The van der Waals surface area contributed by atoms with Crippen LogP contribution in [0.2, 0.25) is 0 Å². The molecule has 1 aromatic carbocycles. The van der Waals surface area contributed by atoms with E-state index >= 15 is 0 Å². The van der Waals surface area contributed by atoms with Crippen LogP contribution < -0.4 is 0 Å². The van der Waals surface area contributed by atoms with Crippen LogP contribution in [0.5, 0.6) is 0 Å². The molecule has 0 fully saturated rings. The highest BCUT2D eigenvalue weighted by Gasteiger charge is 1.96. The first-order valence-corrected chi connectivity index (χ1v) is 6.48. The molecule has 0 spiro atoms. The molecule has 0 bridgehead atoms. The molecule has 2 aromatic rings. The molecule has 17 heavy (non-hydrogen) atoms. The standard InChI is InChI=1S/C14H17N.C2H6/c1-3-13-7-8-15(10-13)11-14-6-4-5-12(2)9-14;1-2/h4-10H,3,11H2,1-2H3;1-2H3. The molecule has 1 nitrogen and oxygen atoms in total. The molecule has 2 rings (SSSR count). The Bertz CT molecular complexity index is 440. The lowest BCUT2D eigenvalue weighted by Crippen LogP contribution is -1.96. The van der Waals surface area contributed by atoms with Gasteiger partial charge in [0.1, 0.15) is 0 Å². The van der Waals surface area contributed by atoms with E-state index in [1.165, 1.54) is 16.7 Å². The van der Waals surface area contributed by atoms with Crippen molar-refractivity contribution in [2.75, 3.05) is 0 Å². The van der Waals surface area contributed by atoms with Crippen LogP contribution in [0.25, 0.3) is 0 Å². The van der Waals surface area contributed by atoms with Gasteiger partial charge >= 0.3 is 0 Å². The number of rotatable bonds is 3. The van der Waals surface area contributed by atoms with Crippen molar-refractivity contribution in [2.45, 2.75) is 40.7 Å². The first kappa shape index (κ1) is 13.6. The number of nitrogens with zero attached hydrogens (tertiary/aromatic N) is 1. The summed E-state index contributed by atoms with van der Waals surface area (Å²) >= 11 is 0. The molecule has 0 aliphatic rings. The van der Waals surface area contributed by atoms with Crippen molar-refractivity contribution in [2.24, 2.45) is 0 Å². The maximum atomic E-state index is 2.24. The Labute approximate surface area is 105 Å².